The summed E-state index contributed by atoms with van der Waals surface area (Å²) in [4.78, 5) is 19.0. The Kier molecular flexibility index (Phi) is 5.83. The van der Waals surface area contributed by atoms with Crippen LogP contribution in [-0.4, -0.2) is 50.7 Å². The predicted octanol–water partition coefficient (Wildman–Crippen LogP) is 3.69. The van der Waals surface area contributed by atoms with Crippen molar-refractivity contribution in [3.8, 4) is 11.4 Å². The van der Waals surface area contributed by atoms with Gasteiger partial charge < -0.3 is 14.4 Å². The average molecular weight is 425 g/mol. The topological polar surface area (TPSA) is 83.9 Å². The molecule has 1 N–H and O–H groups in total. The molecule has 0 atom stereocenters. The molecule has 8 heteroatoms. The van der Waals surface area contributed by atoms with Gasteiger partial charge in [0.15, 0.2) is 5.82 Å². The van der Waals surface area contributed by atoms with Crippen molar-refractivity contribution in [3.63, 3.8) is 0 Å². The molecule has 2 heterocycles. The third-order valence-corrected chi connectivity index (χ3v) is 5.14. The molecule has 0 aliphatic rings. The van der Waals surface area contributed by atoms with Crippen molar-refractivity contribution in [2.24, 2.45) is 0 Å². The second-order valence-electron chi connectivity index (χ2n) is 6.95. The van der Waals surface area contributed by atoms with Crippen LogP contribution in [0.5, 0.6) is 0 Å². The maximum atomic E-state index is 13.0. The third-order valence-electron chi connectivity index (χ3n) is 4.81. The number of aliphatic hydroxyl groups is 1. The number of halogens is 1. The molecule has 0 saturated heterocycles. The van der Waals surface area contributed by atoms with E-state index < -0.39 is 0 Å². The highest BCUT2D eigenvalue weighted by molar-refractivity contribution is 6.33. The fourth-order valence-electron chi connectivity index (χ4n) is 3.24. The zero-order valence-electron chi connectivity index (χ0n) is 16.5. The molecule has 0 radical (unpaired) electrons. The molecule has 1 amide bonds. The van der Waals surface area contributed by atoms with Crippen molar-refractivity contribution < 1.29 is 14.3 Å². The predicted molar refractivity (Wildman–Crippen MR) is 114 cm³/mol. The largest absolute Gasteiger partial charge is 0.416 e. The van der Waals surface area contributed by atoms with Gasteiger partial charge >= 0.3 is 5.84 Å². The monoisotopic (exact) mass is 424 g/mol. The van der Waals surface area contributed by atoms with Gasteiger partial charge in [-0.15, -0.1) is 5.10 Å². The number of carbonyl (C=O) groups excluding carboxylic acids is 1. The lowest BCUT2D eigenvalue weighted by molar-refractivity contribution is 0.0755. The van der Waals surface area contributed by atoms with Crippen LogP contribution < -0.4 is 0 Å². The van der Waals surface area contributed by atoms with Crippen LogP contribution in [0, 0.1) is 0 Å². The van der Waals surface area contributed by atoms with Crippen molar-refractivity contribution >= 4 is 23.4 Å². The summed E-state index contributed by atoms with van der Waals surface area (Å²) in [5, 5.41) is 14.2. The molecule has 4 aromatic rings. The highest BCUT2D eigenvalue weighted by atomic mass is 35.5. The fourth-order valence-corrected chi connectivity index (χ4v) is 3.46. The van der Waals surface area contributed by atoms with Gasteiger partial charge in [0, 0.05) is 32.2 Å². The van der Waals surface area contributed by atoms with Crippen LogP contribution in [0.1, 0.15) is 28.2 Å². The molecule has 4 rings (SSSR count). The number of aromatic nitrogens is 3. The van der Waals surface area contributed by atoms with E-state index in [-0.39, 0.29) is 24.1 Å². The van der Waals surface area contributed by atoms with Crippen molar-refractivity contribution in [2.75, 3.05) is 20.2 Å². The van der Waals surface area contributed by atoms with Crippen LogP contribution in [0.4, 0.5) is 0 Å². The van der Waals surface area contributed by atoms with E-state index in [1.165, 1.54) is 4.90 Å². The Bertz CT molecular complexity index is 1170. The minimum absolute atomic E-state index is 0.0126. The Labute approximate surface area is 178 Å². The first-order valence-corrected chi connectivity index (χ1v) is 10.00. The van der Waals surface area contributed by atoms with Gasteiger partial charge in [-0.2, -0.15) is 9.50 Å². The Morgan fingerprint density at radius 2 is 1.90 bits per heavy atom. The van der Waals surface area contributed by atoms with Crippen molar-refractivity contribution in [3.05, 3.63) is 76.6 Å². The van der Waals surface area contributed by atoms with Gasteiger partial charge in [0.05, 0.1) is 5.02 Å². The molecule has 0 fully saturated rings. The second kappa shape index (κ2) is 8.69. The van der Waals surface area contributed by atoms with Crippen LogP contribution >= 0.6 is 11.6 Å². The van der Waals surface area contributed by atoms with E-state index in [1.807, 2.05) is 48.5 Å². The summed E-state index contributed by atoms with van der Waals surface area (Å²) in [5.41, 5.74) is 2.32. The van der Waals surface area contributed by atoms with Crippen molar-refractivity contribution in [1.82, 2.24) is 19.5 Å². The summed E-state index contributed by atoms with van der Waals surface area (Å²) in [5.74, 6) is 0.581. The first-order valence-electron chi connectivity index (χ1n) is 9.62. The Morgan fingerprint density at radius 1 is 1.17 bits per heavy atom. The number of nitrogens with zero attached hydrogens (tertiary/aromatic N) is 4. The number of fused-ring (bicyclic) bond motifs is 1. The first-order chi connectivity index (χ1) is 14.6. The summed E-state index contributed by atoms with van der Waals surface area (Å²) >= 11 is 6.29. The molecule has 7 nitrogen and oxygen atoms in total. The van der Waals surface area contributed by atoms with Gasteiger partial charge in [-0.25, -0.2) is 0 Å². The average Bonchev–Trinajstić information content (AvgIpc) is 3.31. The molecular weight excluding hydrogens is 404 g/mol. The number of oxazole rings is 1. The van der Waals surface area contributed by atoms with E-state index in [1.54, 1.807) is 17.6 Å². The van der Waals surface area contributed by atoms with Crippen molar-refractivity contribution in [1.29, 1.82) is 0 Å². The highest BCUT2D eigenvalue weighted by Crippen LogP contribution is 2.28. The molecule has 2 aromatic heterocycles. The zero-order valence-corrected chi connectivity index (χ0v) is 17.2. The molecule has 0 aliphatic carbocycles. The summed E-state index contributed by atoms with van der Waals surface area (Å²) in [7, 11) is 1.68. The molecular formula is C22H21ClN4O3. The molecule has 0 saturated carbocycles. The summed E-state index contributed by atoms with van der Waals surface area (Å²) in [6, 6.07) is 17.1. The van der Waals surface area contributed by atoms with Crippen molar-refractivity contribution in [2.45, 2.75) is 12.8 Å². The standard InChI is InChI=1S/C22H21ClN4O3/c1-26(12-7-13-28)21(29)19-18(14-15-8-3-2-4-9-15)27-22(30-19)24-20(25-27)16-10-5-6-11-17(16)23/h2-6,8-11,28H,7,12-14H2,1H3. The van der Waals surface area contributed by atoms with E-state index >= 15 is 0 Å². The lowest BCUT2D eigenvalue weighted by Gasteiger charge is -2.15. The molecule has 0 unspecified atom stereocenters. The molecule has 30 heavy (non-hydrogen) atoms. The molecule has 154 valence electrons. The highest BCUT2D eigenvalue weighted by Gasteiger charge is 2.26. The number of hydrogen-bond acceptors (Lipinski definition) is 5. The quantitative estimate of drug-likeness (QED) is 0.489. The summed E-state index contributed by atoms with van der Waals surface area (Å²) in [6.45, 7) is 0.431. The smallest absolute Gasteiger partial charge is 0.325 e. The van der Waals surface area contributed by atoms with E-state index in [9.17, 15) is 4.79 Å². The van der Waals surface area contributed by atoms with E-state index in [0.717, 1.165) is 5.56 Å². The van der Waals surface area contributed by atoms with Gasteiger partial charge in [-0.3, -0.25) is 4.79 Å². The van der Waals surface area contributed by atoms with Gasteiger partial charge in [0.2, 0.25) is 5.76 Å². The number of rotatable bonds is 7. The fraction of sp³-hybridized carbons (Fsp3) is 0.227. The van der Waals surface area contributed by atoms with Crippen LogP contribution in [0.2, 0.25) is 5.02 Å². The van der Waals surface area contributed by atoms with Crippen LogP contribution in [0.3, 0.4) is 0 Å². The Hall–Kier alpha value is -3.16. The number of hydrogen-bond donors (Lipinski definition) is 1. The van der Waals surface area contributed by atoms with Crippen LogP contribution in [0.15, 0.2) is 59.0 Å². The lowest BCUT2D eigenvalue weighted by Crippen LogP contribution is -2.29. The maximum Gasteiger partial charge on any atom is 0.325 e. The third kappa shape index (κ3) is 3.94. The second-order valence-corrected chi connectivity index (χ2v) is 7.36. The van der Waals surface area contributed by atoms with Gasteiger partial charge in [-0.1, -0.05) is 54.1 Å². The number of benzene rings is 2. The van der Waals surface area contributed by atoms with E-state index in [4.69, 9.17) is 21.1 Å². The van der Waals surface area contributed by atoms with Gasteiger partial charge in [0.25, 0.3) is 5.91 Å². The van der Waals surface area contributed by atoms with Gasteiger partial charge in [0.1, 0.15) is 5.69 Å². The normalized spacial score (nSPS) is 11.2. The van der Waals surface area contributed by atoms with Crippen LogP contribution in [0.25, 0.3) is 17.2 Å². The summed E-state index contributed by atoms with van der Waals surface area (Å²) < 4.78 is 7.44. The SMILES string of the molecule is CN(CCCO)C(=O)c1oc2nc(-c3ccccc3Cl)nn2c1Cc1ccccc1. The summed E-state index contributed by atoms with van der Waals surface area (Å²) in [6.07, 6.45) is 0.942. The first kappa shape index (κ1) is 20.1. The lowest BCUT2D eigenvalue weighted by atomic mass is 10.1. The van der Waals surface area contributed by atoms with E-state index in [0.29, 0.717) is 41.5 Å². The van der Waals surface area contributed by atoms with Crippen LogP contribution in [-0.2, 0) is 6.42 Å². The zero-order chi connectivity index (χ0) is 21.1. The number of amides is 1. The molecule has 0 spiro atoms. The molecule has 0 bridgehead atoms. The Morgan fingerprint density at radius 3 is 2.63 bits per heavy atom. The molecule has 2 aromatic carbocycles. The minimum atomic E-state index is -0.277. The number of carbonyl (C=O) groups is 1. The van der Waals surface area contributed by atoms with Gasteiger partial charge in [-0.05, 0) is 24.1 Å². The molecule has 0 aliphatic heterocycles. The Balaban J connectivity index is 1.79. The van der Waals surface area contributed by atoms with E-state index in [2.05, 4.69) is 10.1 Å². The maximum absolute atomic E-state index is 13.0. The minimum Gasteiger partial charge on any atom is -0.416 e. The number of aliphatic hydroxyl groups excluding tert-OH is 1.